The average molecular weight is 531 g/mol. The fraction of sp³-hybridized carbons (Fsp3) is 0.182. The van der Waals surface area contributed by atoms with Crippen molar-refractivity contribution in [3.8, 4) is 28.5 Å². The van der Waals surface area contributed by atoms with Gasteiger partial charge in [-0.2, -0.15) is 4.31 Å². The second-order valence-corrected chi connectivity index (χ2v) is 10.6. The number of benzene rings is 2. The second-order valence-electron chi connectivity index (χ2n) is 7.81. The first-order chi connectivity index (χ1) is 15.8. The molecule has 11 heteroatoms. The molecule has 9 nitrogen and oxygen atoms in total. The number of aromatic carboxylic acids is 1. The Balaban J connectivity index is 1.67. The Kier molecular flexibility index (Phi) is 5.26. The number of halogens is 1. The summed E-state index contributed by atoms with van der Waals surface area (Å²) in [6.45, 7) is 0.939. The van der Waals surface area contributed by atoms with E-state index in [0.717, 1.165) is 17.3 Å². The number of imidazole rings is 1. The molecule has 0 bridgehead atoms. The van der Waals surface area contributed by atoms with E-state index in [0.29, 0.717) is 46.8 Å². The van der Waals surface area contributed by atoms with Gasteiger partial charge in [-0.25, -0.2) is 18.2 Å². The molecule has 0 atom stereocenters. The van der Waals surface area contributed by atoms with Crippen molar-refractivity contribution in [1.82, 2.24) is 19.3 Å². The molecule has 0 amide bonds. The van der Waals surface area contributed by atoms with Crippen molar-refractivity contribution in [3.05, 3.63) is 52.6 Å². The molecule has 1 aliphatic rings. The summed E-state index contributed by atoms with van der Waals surface area (Å²) in [7, 11) is -3.79. The van der Waals surface area contributed by atoms with Gasteiger partial charge >= 0.3 is 5.97 Å². The van der Waals surface area contributed by atoms with Crippen LogP contribution in [0.4, 0.5) is 0 Å². The largest absolute Gasteiger partial charge is 0.507 e. The van der Waals surface area contributed by atoms with Crippen LogP contribution in [0.2, 0.25) is 0 Å². The summed E-state index contributed by atoms with van der Waals surface area (Å²) < 4.78 is 29.5. The molecule has 170 valence electrons. The van der Waals surface area contributed by atoms with Crippen LogP contribution in [0.5, 0.6) is 5.75 Å². The van der Waals surface area contributed by atoms with Crippen LogP contribution in [0, 0.1) is 0 Å². The molecule has 0 radical (unpaired) electrons. The molecule has 4 aromatic rings. The van der Waals surface area contributed by atoms with Crippen LogP contribution < -0.4 is 0 Å². The predicted molar refractivity (Wildman–Crippen MR) is 126 cm³/mol. The number of H-pyrrole nitrogens is 2. The highest BCUT2D eigenvalue weighted by molar-refractivity contribution is 9.10. The molecule has 4 N–H and O–H groups in total. The van der Waals surface area contributed by atoms with Crippen LogP contribution in [-0.4, -0.2) is 56.9 Å². The topological polar surface area (TPSA) is 139 Å². The molecule has 0 spiro atoms. The number of hydrogen-bond donors (Lipinski definition) is 4. The van der Waals surface area contributed by atoms with Gasteiger partial charge in [0, 0.05) is 34.0 Å². The summed E-state index contributed by atoms with van der Waals surface area (Å²) in [5, 5.41) is 19.6. The Morgan fingerprint density at radius 2 is 1.85 bits per heavy atom. The fourth-order valence-corrected chi connectivity index (χ4v) is 6.31. The lowest BCUT2D eigenvalue weighted by Crippen LogP contribution is -2.28. The van der Waals surface area contributed by atoms with Gasteiger partial charge in [0.25, 0.3) is 0 Å². The molecule has 0 saturated carbocycles. The number of aromatic amines is 2. The molecule has 33 heavy (non-hydrogen) atoms. The van der Waals surface area contributed by atoms with Crippen LogP contribution >= 0.6 is 15.9 Å². The predicted octanol–water partition coefficient (Wildman–Crippen LogP) is 4.18. The van der Waals surface area contributed by atoms with Gasteiger partial charge in [0.2, 0.25) is 10.0 Å². The summed E-state index contributed by atoms with van der Waals surface area (Å²) in [5.41, 5.74) is 1.72. The van der Waals surface area contributed by atoms with E-state index in [-0.39, 0.29) is 16.2 Å². The maximum Gasteiger partial charge on any atom is 0.339 e. The Bertz CT molecular complexity index is 1500. The molecule has 2 aromatic heterocycles. The van der Waals surface area contributed by atoms with Crippen LogP contribution in [0.1, 0.15) is 23.2 Å². The minimum atomic E-state index is -3.79. The van der Waals surface area contributed by atoms with Gasteiger partial charge in [-0.1, -0.05) is 15.9 Å². The minimum absolute atomic E-state index is 0.151. The van der Waals surface area contributed by atoms with Gasteiger partial charge in [0.1, 0.15) is 21.9 Å². The van der Waals surface area contributed by atoms with Crippen molar-refractivity contribution < 1.29 is 23.4 Å². The first-order valence-corrected chi connectivity index (χ1v) is 12.4. The number of aromatic nitrogens is 3. The van der Waals surface area contributed by atoms with Crippen LogP contribution in [0.25, 0.3) is 33.7 Å². The number of nitrogens with zero attached hydrogens (tertiary/aromatic N) is 2. The van der Waals surface area contributed by atoms with Gasteiger partial charge in [0.15, 0.2) is 5.82 Å². The van der Waals surface area contributed by atoms with Crippen molar-refractivity contribution in [1.29, 1.82) is 0 Å². The summed E-state index contributed by atoms with van der Waals surface area (Å²) in [6, 6.07) is 9.58. The first-order valence-electron chi connectivity index (χ1n) is 10.2. The number of carboxylic acids is 1. The third kappa shape index (κ3) is 3.71. The summed E-state index contributed by atoms with van der Waals surface area (Å²) >= 11 is 3.43. The van der Waals surface area contributed by atoms with Gasteiger partial charge in [0.05, 0.1) is 11.9 Å². The second kappa shape index (κ2) is 8.01. The lowest BCUT2D eigenvalue weighted by Gasteiger charge is -2.16. The number of rotatable bonds is 5. The maximum absolute atomic E-state index is 13.6. The molecule has 0 aliphatic carbocycles. The number of carbonyl (C=O) groups is 1. The molecule has 1 fully saturated rings. The van der Waals surface area contributed by atoms with Crippen molar-refractivity contribution >= 4 is 42.8 Å². The Labute approximate surface area is 197 Å². The summed E-state index contributed by atoms with van der Waals surface area (Å²) in [6.07, 6.45) is 3.14. The number of hydrogen-bond acceptors (Lipinski definition) is 5. The number of fused-ring (bicyclic) bond motifs is 1. The third-order valence-electron chi connectivity index (χ3n) is 5.73. The molecule has 0 unspecified atom stereocenters. The highest BCUT2D eigenvalue weighted by Gasteiger charge is 2.33. The zero-order chi connectivity index (χ0) is 23.3. The van der Waals surface area contributed by atoms with Gasteiger partial charge in [-0.3, -0.25) is 0 Å². The van der Waals surface area contributed by atoms with Gasteiger partial charge in [-0.05, 0) is 49.2 Å². The van der Waals surface area contributed by atoms with E-state index in [4.69, 9.17) is 0 Å². The van der Waals surface area contributed by atoms with E-state index in [1.807, 2.05) is 6.07 Å². The Hall–Kier alpha value is -3.15. The van der Waals surface area contributed by atoms with Crippen molar-refractivity contribution in [2.45, 2.75) is 17.7 Å². The standard InChI is InChI=1S/C22H19BrN4O5S/c23-13-4-5-16-14(10-13)20(33(31,32)27-7-1-2-8-27)19(25-16)21-24-11-17(26-21)12-3-6-18(28)15(9-12)22(29)30/h3-6,9-11,25,28H,1-2,7-8H2,(H,24,26)(H,29,30). The summed E-state index contributed by atoms with van der Waals surface area (Å²) in [5.74, 6) is -1.29. The van der Waals surface area contributed by atoms with E-state index in [9.17, 15) is 23.4 Å². The quantitative estimate of drug-likeness (QED) is 0.305. The Morgan fingerprint density at radius 3 is 2.58 bits per heavy atom. The van der Waals surface area contributed by atoms with Crippen LogP contribution in [0.3, 0.4) is 0 Å². The first kappa shape index (κ1) is 21.7. The normalized spacial score (nSPS) is 14.8. The fourth-order valence-electron chi connectivity index (χ4n) is 4.10. The molecular weight excluding hydrogens is 512 g/mol. The van der Waals surface area contributed by atoms with Crippen molar-refractivity contribution in [2.24, 2.45) is 0 Å². The molecule has 1 saturated heterocycles. The highest BCUT2D eigenvalue weighted by Crippen LogP contribution is 2.37. The minimum Gasteiger partial charge on any atom is -0.507 e. The zero-order valence-electron chi connectivity index (χ0n) is 17.2. The molecule has 1 aliphatic heterocycles. The van der Waals surface area contributed by atoms with Gasteiger partial charge < -0.3 is 20.2 Å². The lowest BCUT2D eigenvalue weighted by molar-refractivity contribution is 0.0693. The van der Waals surface area contributed by atoms with E-state index in [1.165, 1.54) is 22.6 Å². The molecular formula is C22H19BrN4O5S. The maximum atomic E-state index is 13.6. The number of aromatic hydroxyl groups is 1. The number of sulfonamides is 1. The van der Waals surface area contributed by atoms with E-state index < -0.39 is 16.0 Å². The van der Waals surface area contributed by atoms with Crippen LogP contribution in [-0.2, 0) is 10.0 Å². The van der Waals surface area contributed by atoms with E-state index in [1.54, 1.807) is 18.2 Å². The SMILES string of the molecule is O=C(O)c1cc(-c2cnc(-c3[nH]c4ccc(Br)cc4c3S(=O)(=O)N3CCCC3)[nH]2)ccc1O. The lowest BCUT2D eigenvalue weighted by atomic mass is 10.1. The van der Waals surface area contributed by atoms with Crippen LogP contribution in [0.15, 0.2) is 52.0 Å². The monoisotopic (exact) mass is 530 g/mol. The highest BCUT2D eigenvalue weighted by atomic mass is 79.9. The van der Waals surface area contributed by atoms with Crippen molar-refractivity contribution in [3.63, 3.8) is 0 Å². The van der Waals surface area contributed by atoms with Gasteiger partial charge in [-0.15, -0.1) is 0 Å². The third-order valence-corrected chi connectivity index (χ3v) is 8.20. The van der Waals surface area contributed by atoms with E-state index in [2.05, 4.69) is 30.9 Å². The van der Waals surface area contributed by atoms with Crippen molar-refractivity contribution in [2.75, 3.05) is 13.1 Å². The Morgan fingerprint density at radius 1 is 1.09 bits per heavy atom. The molecule has 5 rings (SSSR count). The smallest absolute Gasteiger partial charge is 0.339 e. The average Bonchev–Trinajstić information content (AvgIpc) is 3.52. The van der Waals surface area contributed by atoms with E-state index >= 15 is 0 Å². The summed E-state index contributed by atoms with van der Waals surface area (Å²) in [4.78, 5) is 22.2. The number of phenols is 1. The number of nitrogens with one attached hydrogen (secondary N) is 2. The molecule has 3 heterocycles. The zero-order valence-corrected chi connectivity index (χ0v) is 19.6. The molecule has 2 aromatic carbocycles. The number of carboxylic acid groups (broad SMARTS) is 1.